The Bertz CT molecular complexity index is 1030. The van der Waals surface area contributed by atoms with E-state index in [0.29, 0.717) is 21.8 Å². The van der Waals surface area contributed by atoms with Crippen LogP contribution in [0, 0.1) is 0 Å². The number of hydrogen-bond acceptors (Lipinski definition) is 5. The number of benzene rings is 3. The van der Waals surface area contributed by atoms with E-state index in [2.05, 4.69) is 5.32 Å². The highest BCUT2D eigenvalue weighted by Gasteiger charge is 2.18. The molecular weight excluding hydrogens is 388 g/mol. The fraction of sp³-hybridized carbons (Fsp3) is 0.0909. The monoisotopic (exact) mass is 408 g/mol. The lowest BCUT2D eigenvalue weighted by atomic mass is 10.0. The van der Waals surface area contributed by atoms with Crippen molar-refractivity contribution in [2.24, 2.45) is 0 Å². The van der Waals surface area contributed by atoms with Crippen molar-refractivity contribution in [1.29, 1.82) is 0 Å². The minimum absolute atomic E-state index is 0.251. The first-order chi connectivity index (χ1) is 13.9. The molecule has 0 fully saturated rings. The normalized spacial score (nSPS) is 11.6. The van der Waals surface area contributed by atoms with Gasteiger partial charge in [-0.15, -0.1) is 0 Å². The molecule has 6 nitrogen and oxygen atoms in total. The van der Waals surface area contributed by atoms with Crippen LogP contribution in [0.4, 0.5) is 11.4 Å². The molecule has 7 heteroatoms. The minimum Gasteiger partial charge on any atom is -0.612 e. The average Bonchev–Trinajstić information content (AvgIpc) is 2.74. The van der Waals surface area contributed by atoms with Gasteiger partial charge in [-0.1, -0.05) is 6.07 Å². The zero-order chi connectivity index (χ0) is 21.0. The number of anilines is 2. The number of nitrogen functional groups attached to an aromatic ring is 1. The topological polar surface area (TPSA) is 104 Å². The predicted molar refractivity (Wildman–Crippen MR) is 114 cm³/mol. The number of ether oxygens (including phenoxy) is 1. The van der Waals surface area contributed by atoms with Crippen LogP contribution >= 0.6 is 0 Å². The second-order valence-corrected chi connectivity index (χ2v) is 7.64. The zero-order valence-corrected chi connectivity index (χ0v) is 16.8. The van der Waals surface area contributed by atoms with Gasteiger partial charge in [0, 0.05) is 16.7 Å². The number of ketones is 1. The van der Waals surface area contributed by atoms with E-state index in [0.717, 1.165) is 0 Å². The first-order valence-corrected chi connectivity index (χ1v) is 10.3. The Morgan fingerprint density at radius 2 is 1.59 bits per heavy atom. The van der Waals surface area contributed by atoms with Crippen molar-refractivity contribution in [1.82, 2.24) is 0 Å². The Morgan fingerprint density at radius 1 is 0.966 bits per heavy atom. The summed E-state index contributed by atoms with van der Waals surface area (Å²) in [4.78, 5) is 26.3. The highest BCUT2D eigenvalue weighted by molar-refractivity contribution is 7.90. The molecular formula is C22H20N2O4S. The summed E-state index contributed by atoms with van der Waals surface area (Å²) in [5.41, 5.74) is 7.68. The standard InChI is InChI=1S/C22H20N2O4S/c1-28-16-10-6-14(7-11-16)21(25)18-4-3-5-19(23)20(18)24-22(26)15-8-12-17(13-9-15)29(2)27/h3-13H,23H2,1-2H3,(H,24,26). The number of hydrogen-bond donors (Lipinski definition) is 2. The third-order valence-corrected chi connectivity index (χ3v) is 5.32. The molecule has 0 saturated carbocycles. The van der Waals surface area contributed by atoms with E-state index in [9.17, 15) is 14.1 Å². The summed E-state index contributed by atoms with van der Waals surface area (Å²) >= 11 is -1.13. The van der Waals surface area contributed by atoms with Gasteiger partial charge < -0.3 is 20.3 Å². The van der Waals surface area contributed by atoms with E-state index in [1.54, 1.807) is 80.1 Å². The van der Waals surface area contributed by atoms with Crippen LogP contribution in [-0.2, 0) is 11.2 Å². The quantitative estimate of drug-likeness (QED) is 0.369. The van der Waals surface area contributed by atoms with Gasteiger partial charge in [0.05, 0.1) is 18.5 Å². The number of rotatable bonds is 6. The van der Waals surface area contributed by atoms with Gasteiger partial charge in [0.2, 0.25) is 0 Å². The summed E-state index contributed by atoms with van der Waals surface area (Å²) in [6.07, 6.45) is 1.57. The van der Waals surface area contributed by atoms with Crippen molar-refractivity contribution in [3.05, 3.63) is 83.4 Å². The number of nitrogens with two attached hydrogens (primary N) is 1. The van der Waals surface area contributed by atoms with E-state index >= 15 is 0 Å². The molecule has 0 saturated heterocycles. The molecule has 0 bridgehead atoms. The van der Waals surface area contributed by atoms with Gasteiger partial charge in [-0.05, 0) is 71.8 Å². The van der Waals surface area contributed by atoms with E-state index in [1.165, 1.54) is 0 Å². The number of amides is 1. The Kier molecular flexibility index (Phi) is 6.21. The SMILES string of the molecule is COc1ccc(C(=O)c2cccc(N)c2NC(=O)c2ccc([S+](C)[O-])cc2)cc1. The molecule has 3 N–H and O–H groups in total. The van der Waals surface area contributed by atoms with E-state index in [4.69, 9.17) is 10.5 Å². The van der Waals surface area contributed by atoms with Crippen LogP contribution in [0.25, 0.3) is 0 Å². The van der Waals surface area contributed by atoms with Crippen LogP contribution in [0.3, 0.4) is 0 Å². The highest BCUT2D eigenvalue weighted by Crippen LogP contribution is 2.27. The third kappa shape index (κ3) is 4.59. The molecule has 3 aromatic carbocycles. The van der Waals surface area contributed by atoms with Crippen LogP contribution in [0.1, 0.15) is 26.3 Å². The first-order valence-electron chi connectivity index (χ1n) is 8.73. The largest absolute Gasteiger partial charge is 0.612 e. The molecule has 0 aliphatic rings. The van der Waals surface area contributed by atoms with Gasteiger partial charge in [-0.25, -0.2) is 0 Å². The lowest BCUT2D eigenvalue weighted by molar-refractivity contribution is 0.102. The fourth-order valence-corrected chi connectivity index (χ4v) is 3.30. The lowest BCUT2D eigenvalue weighted by Gasteiger charge is -2.14. The van der Waals surface area contributed by atoms with Crippen molar-refractivity contribution in [2.45, 2.75) is 4.90 Å². The molecule has 0 aromatic heterocycles. The molecule has 0 spiro atoms. The van der Waals surface area contributed by atoms with Crippen molar-refractivity contribution in [2.75, 3.05) is 24.4 Å². The number of carbonyl (C=O) groups excluding carboxylic acids is 2. The highest BCUT2D eigenvalue weighted by atomic mass is 32.2. The van der Waals surface area contributed by atoms with Crippen LogP contribution in [-0.4, -0.2) is 29.6 Å². The van der Waals surface area contributed by atoms with Crippen LogP contribution in [0.5, 0.6) is 5.75 Å². The number of methoxy groups -OCH3 is 1. The van der Waals surface area contributed by atoms with Crippen LogP contribution < -0.4 is 15.8 Å². The average molecular weight is 408 g/mol. The molecule has 1 unspecified atom stereocenters. The van der Waals surface area contributed by atoms with Gasteiger partial charge in [-0.3, -0.25) is 9.59 Å². The molecule has 0 aliphatic carbocycles. The molecule has 3 rings (SSSR count). The molecule has 0 heterocycles. The summed E-state index contributed by atoms with van der Waals surface area (Å²) in [7, 11) is 1.55. The molecule has 1 amide bonds. The maximum atomic E-state index is 13.0. The van der Waals surface area contributed by atoms with Crippen molar-refractivity contribution in [3.63, 3.8) is 0 Å². The van der Waals surface area contributed by atoms with Crippen molar-refractivity contribution < 1.29 is 18.9 Å². The summed E-state index contributed by atoms with van der Waals surface area (Å²) in [6.45, 7) is 0. The van der Waals surface area contributed by atoms with E-state index < -0.39 is 17.1 Å². The maximum absolute atomic E-state index is 13.0. The number of nitrogens with one attached hydrogen (secondary N) is 1. The van der Waals surface area contributed by atoms with Gasteiger partial charge in [0.15, 0.2) is 10.7 Å². The molecule has 3 aromatic rings. The van der Waals surface area contributed by atoms with Gasteiger partial charge in [0.25, 0.3) is 5.91 Å². The lowest BCUT2D eigenvalue weighted by Crippen LogP contribution is -2.17. The second kappa shape index (κ2) is 8.81. The van der Waals surface area contributed by atoms with Crippen molar-refractivity contribution in [3.8, 4) is 5.75 Å². The number of carbonyl (C=O) groups is 2. The van der Waals surface area contributed by atoms with Gasteiger partial charge in [-0.2, -0.15) is 0 Å². The predicted octanol–water partition coefficient (Wildman–Crippen LogP) is 3.50. The zero-order valence-electron chi connectivity index (χ0n) is 16.0. The van der Waals surface area contributed by atoms with Crippen LogP contribution in [0.15, 0.2) is 71.6 Å². The summed E-state index contributed by atoms with van der Waals surface area (Å²) in [6, 6.07) is 18.0. The smallest absolute Gasteiger partial charge is 0.255 e. The fourth-order valence-electron chi connectivity index (χ4n) is 2.78. The Morgan fingerprint density at radius 3 is 2.17 bits per heavy atom. The Balaban J connectivity index is 1.89. The summed E-state index contributed by atoms with van der Waals surface area (Å²) in [5, 5.41) is 2.73. The van der Waals surface area contributed by atoms with Gasteiger partial charge >= 0.3 is 0 Å². The minimum atomic E-state index is -1.13. The number of para-hydroxylation sites is 1. The van der Waals surface area contributed by atoms with Gasteiger partial charge in [0.1, 0.15) is 12.0 Å². The first kappa shape index (κ1) is 20.4. The maximum Gasteiger partial charge on any atom is 0.255 e. The van der Waals surface area contributed by atoms with E-state index in [1.807, 2.05) is 0 Å². The third-order valence-electron chi connectivity index (χ3n) is 4.38. The Labute approximate surface area is 171 Å². The molecule has 148 valence electrons. The van der Waals surface area contributed by atoms with Crippen molar-refractivity contribution >= 4 is 34.2 Å². The molecule has 1 atom stereocenters. The second-order valence-electron chi connectivity index (χ2n) is 6.26. The summed E-state index contributed by atoms with van der Waals surface area (Å²) in [5.74, 6) is -0.0498. The van der Waals surface area contributed by atoms with E-state index in [-0.39, 0.29) is 22.7 Å². The summed E-state index contributed by atoms with van der Waals surface area (Å²) < 4.78 is 16.6. The Hall–Kier alpha value is -3.29. The van der Waals surface area contributed by atoms with Crippen LogP contribution in [0.2, 0.25) is 0 Å². The molecule has 29 heavy (non-hydrogen) atoms. The molecule has 0 aliphatic heterocycles. The molecule has 0 radical (unpaired) electrons.